The SMILES string of the molecule is O=C1NCCN1c1ccc(CN2CC[C@@H](N3CCN(c4ccccn4)CC3)[C@H](O)C2)cc1. The van der Waals surface area contributed by atoms with E-state index in [9.17, 15) is 9.90 Å². The number of piperidine rings is 1. The summed E-state index contributed by atoms with van der Waals surface area (Å²) in [7, 11) is 0. The van der Waals surface area contributed by atoms with Crippen LogP contribution >= 0.6 is 0 Å². The van der Waals surface area contributed by atoms with Gasteiger partial charge in [0, 0.05) is 76.8 Å². The molecule has 5 rings (SSSR count). The average Bonchev–Trinajstić information content (AvgIpc) is 3.26. The first-order valence-corrected chi connectivity index (χ1v) is 11.6. The minimum Gasteiger partial charge on any atom is -0.390 e. The highest BCUT2D eigenvalue weighted by Gasteiger charge is 2.33. The van der Waals surface area contributed by atoms with Gasteiger partial charge in [0.25, 0.3) is 0 Å². The molecule has 0 saturated carbocycles. The summed E-state index contributed by atoms with van der Waals surface area (Å²) >= 11 is 0. The fraction of sp³-hybridized carbons (Fsp3) is 0.500. The lowest BCUT2D eigenvalue weighted by Crippen LogP contribution is -2.58. The van der Waals surface area contributed by atoms with E-state index in [1.54, 1.807) is 4.90 Å². The Labute approximate surface area is 189 Å². The third kappa shape index (κ3) is 4.57. The molecule has 32 heavy (non-hydrogen) atoms. The van der Waals surface area contributed by atoms with Gasteiger partial charge in [-0.25, -0.2) is 9.78 Å². The number of piperazine rings is 1. The number of aliphatic hydroxyl groups is 1. The van der Waals surface area contributed by atoms with Crippen LogP contribution in [0.2, 0.25) is 0 Å². The highest BCUT2D eigenvalue weighted by atomic mass is 16.3. The zero-order chi connectivity index (χ0) is 21.9. The lowest BCUT2D eigenvalue weighted by molar-refractivity contribution is -0.0172. The molecule has 0 radical (unpaired) electrons. The molecule has 4 heterocycles. The fourth-order valence-corrected chi connectivity index (χ4v) is 5.14. The number of nitrogens with one attached hydrogen (secondary N) is 1. The van der Waals surface area contributed by atoms with Gasteiger partial charge in [-0.2, -0.15) is 0 Å². The molecule has 0 spiro atoms. The van der Waals surface area contributed by atoms with Gasteiger partial charge in [-0.1, -0.05) is 18.2 Å². The second-order valence-corrected chi connectivity index (χ2v) is 8.92. The molecule has 8 heteroatoms. The number of hydrogen-bond acceptors (Lipinski definition) is 6. The Morgan fingerprint density at radius 2 is 1.81 bits per heavy atom. The van der Waals surface area contributed by atoms with E-state index in [-0.39, 0.29) is 18.2 Å². The Balaban J connectivity index is 1.11. The Bertz CT molecular complexity index is 900. The van der Waals surface area contributed by atoms with E-state index in [2.05, 4.69) is 43.2 Å². The number of β-amino-alcohol motifs (C(OH)–C–C–N with tert-alkyl or cyclic N) is 1. The predicted molar refractivity (Wildman–Crippen MR) is 125 cm³/mol. The Morgan fingerprint density at radius 1 is 1.00 bits per heavy atom. The summed E-state index contributed by atoms with van der Waals surface area (Å²) in [6.45, 7) is 7.74. The molecule has 2 atom stereocenters. The molecule has 8 nitrogen and oxygen atoms in total. The van der Waals surface area contributed by atoms with Crippen molar-refractivity contribution in [3.8, 4) is 0 Å². The first-order chi connectivity index (χ1) is 15.7. The molecule has 3 aliphatic rings. The molecule has 1 aromatic heterocycles. The topological polar surface area (TPSA) is 75.2 Å². The molecule has 0 aliphatic carbocycles. The van der Waals surface area contributed by atoms with Gasteiger partial charge in [0.2, 0.25) is 0 Å². The van der Waals surface area contributed by atoms with Crippen molar-refractivity contribution in [1.29, 1.82) is 0 Å². The van der Waals surface area contributed by atoms with E-state index in [1.807, 2.05) is 30.5 Å². The maximum atomic E-state index is 11.8. The lowest BCUT2D eigenvalue weighted by atomic mass is 9.98. The number of nitrogens with zero attached hydrogens (tertiary/aromatic N) is 5. The maximum absolute atomic E-state index is 11.8. The summed E-state index contributed by atoms with van der Waals surface area (Å²) in [5.74, 6) is 1.04. The molecule has 2 amide bonds. The van der Waals surface area contributed by atoms with Gasteiger partial charge in [-0.05, 0) is 36.2 Å². The number of amides is 2. The van der Waals surface area contributed by atoms with Crippen LogP contribution in [0, 0.1) is 0 Å². The van der Waals surface area contributed by atoms with Crippen molar-refractivity contribution in [2.24, 2.45) is 0 Å². The largest absolute Gasteiger partial charge is 0.390 e. The van der Waals surface area contributed by atoms with E-state index in [4.69, 9.17) is 0 Å². The minimum absolute atomic E-state index is 0.0243. The number of rotatable bonds is 5. The summed E-state index contributed by atoms with van der Waals surface area (Å²) in [6, 6.07) is 14.5. The number of pyridine rings is 1. The number of carbonyl (C=O) groups is 1. The Morgan fingerprint density at radius 3 is 2.47 bits per heavy atom. The quantitative estimate of drug-likeness (QED) is 0.738. The standard InChI is InChI=1S/C24H32N6O2/c31-22-18-27(17-19-4-6-20(7-5-19)30-12-10-26-24(30)32)11-8-21(22)28-13-15-29(16-14-28)23-3-1-2-9-25-23/h1-7,9,21-22,31H,8,10-18H2,(H,26,32)/t21-,22-/m1/s1. The van der Waals surface area contributed by atoms with Crippen molar-refractivity contribution >= 4 is 17.5 Å². The molecule has 0 bridgehead atoms. The van der Waals surface area contributed by atoms with Gasteiger partial charge in [0.1, 0.15) is 5.82 Å². The highest BCUT2D eigenvalue weighted by molar-refractivity contribution is 5.93. The van der Waals surface area contributed by atoms with E-state index in [0.717, 1.165) is 57.2 Å². The maximum Gasteiger partial charge on any atom is 0.321 e. The molecule has 2 aromatic rings. The molecular weight excluding hydrogens is 404 g/mol. The number of carbonyl (C=O) groups excluding carboxylic acids is 1. The van der Waals surface area contributed by atoms with Crippen LogP contribution in [0.1, 0.15) is 12.0 Å². The molecule has 0 unspecified atom stereocenters. The van der Waals surface area contributed by atoms with Gasteiger partial charge in [0.15, 0.2) is 0 Å². The minimum atomic E-state index is -0.335. The normalized spacial score (nSPS) is 25.2. The number of anilines is 2. The molecule has 2 N–H and O–H groups in total. The molecule has 3 aliphatic heterocycles. The monoisotopic (exact) mass is 436 g/mol. The summed E-state index contributed by atoms with van der Waals surface area (Å²) < 4.78 is 0. The lowest BCUT2D eigenvalue weighted by Gasteiger charge is -2.45. The number of hydrogen-bond donors (Lipinski definition) is 2. The van der Waals surface area contributed by atoms with Crippen LogP contribution in [0.15, 0.2) is 48.7 Å². The summed E-state index contributed by atoms with van der Waals surface area (Å²) in [5, 5.41) is 13.7. The summed E-state index contributed by atoms with van der Waals surface area (Å²) in [5.41, 5.74) is 2.15. The van der Waals surface area contributed by atoms with Gasteiger partial charge in [-0.3, -0.25) is 14.7 Å². The van der Waals surface area contributed by atoms with Crippen LogP contribution < -0.4 is 15.1 Å². The van der Waals surface area contributed by atoms with Crippen molar-refractivity contribution in [3.05, 3.63) is 54.2 Å². The first kappa shape index (κ1) is 21.2. The van der Waals surface area contributed by atoms with Crippen molar-refractivity contribution < 1.29 is 9.90 Å². The zero-order valence-corrected chi connectivity index (χ0v) is 18.4. The van der Waals surface area contributed by atoms with Gasteiger partial charge >= 0.3 is 6.03 Å². The van der Waals surface area contributed by atoms with E-state index in [1.165, 1.54) is 5.56 Å². The molecule has 1 aromatic carbocycles. The summed E-state index contributed by atoms with van der Waals surface area (Å²) in [4.78, 5) is 25.2. The van der Waals surface area contributed by atoms with Crippen LogP contribution in [-0.4, -0.2) is 90.4 Å². The van der Waals surface area contributed by atoms with Crippen molar-refractivity contribution in [3.63, 3.8) is 0 Å². The third-order valence-corrected chi connectivity index (χ3v) is 6.90. The molecule has 170 valence electrons. The average molecular weight is 437 g/mol. The van der Waals surface area contributed by atoms with Gasteiger partial charge < -0.3 is 15.3 Å². The fourth-order valence-electron chi connectivity index (χ4n) is 5.14. The number of benzene rings is 1. The van der Waals surface area contributed by atoms with Crippen molar-refractivity contribution in [2.45, 2.75) is 25.1 Å². The number of urea groups is 1. The van der Waals surface area contributed by atoms with Crippen LogP contribution in [-0.2, 0) is 6.54 Å². The first-order valence-electron chi connectivity index (χ1n) is 11.6. The number of aliphatic hydroxyl groups excluding tert-OH is 1. The second kappa shape index (κ2) is 9.44. The van der Waals surface area contributed by atoms with Crippen LogP contribution in [0.25, 0.3) is 0 Å². The summed E-state index contributed by atoms with van der Waals surface area (Å²) in [6.07, 6.45) is 2.49. The molecule has 3 fully saturated rings. The number of likely N-dealkylation sites (tertiary alicyclic amines) is 1. The van der Waals surface area contributed by atoms with Crippen molar-refractivity contribution in [2.75, 3.05) is 62.2 Å². The van der Waals surface area contributed by atoms with Crippen LogP contribution in [0.4, 0.5) is 16.3 Å². The van der Waals surface area contributed by atoms with E-state index >= 15 is 0 Å². The Hall–Kier alpha value is -2.68. The second-order valence-electron chi connectivity index (χ2n) is 8.92. The molecular formula is C24H32N6O2. The number of aromatic nitrogens is 1. The highest BCUT2D eigenvalue weighted by Crippen LogP contribution is 2.23. The van der Waals surface area contributed by atoms with E-state index in [0.29, 0.717) is 19.6 Å². The third-order valence-electron chi connectivity index (χ3n) is 6.90. The smallest absolute Gasteiger partial charge is 0.321 e. The van der Waals surface area contributed by atoms with Gasteiger partial charge in [-0.15, -0.1) is 0 Å². The molecule has 3 saturated heterocycles. The Kier molecular flexibility index (Phi) is 6.25. The van der Waals surface area contributed by atoms with Crippen LogP contribution in [0.3, 0.4) is 0 Å². The van der Waals surface area contributed by atoms with E-state index < -0.39 is 0 Å². The van der Waals surface area contributed by atoms with Crippen LogP contribution in [0.5, 0.6) is 0 Å². The zero-order valence-electron chi connectivity index (χ0n) is 18.4. The predicted octanol–water partition coefficient (Wildman–Crippen LogP) is 1.37. The van der Waals surface area contributed by atoms with Crippen molar-refractivity contribution in [1.82, 2.24) is 20.1 Å². The van der Waals surface area contributed by atoms with Gasteiger partial charge in [0.05, 0.1) is 6.10 Å².